The second-order valence-electron chi connectivity index (χ2n) is 7.27. The van der Waals surface area contributed by atoms with Gasteiger partial charge in [0.25, 0.3) is 0 Å². The summed E-state index contributed by atoms with van der Waals surface area (Å²) < 4.78 is 5.29. The van der Waals surface area contributed by atoms with Crippen LogP contribution in [0.3, 0.4) is 0 Å². The number of hydrogen-bond acceptors (Lipinski definition) is 5. The van der Waals surface area contributed by atoms with Crippen LogP contribution in [-0.2, 0) is 0 Å². The SMILES string of the molecule is COc1cccc(-c2csc(C3=C(O)CN(c4ccc(C(C)C)cc4)C3=N)n2)c1. The third-order valence-electron chi connectivity index (χ3n) is 5.06. The molecule has 1 aliphatic rings. The van der Waals surface area contributed by atoms with Crippen molar-refractivity contribution < 1.29 is 9.84 Å². The number of ether oxygens (including phenoxy) is 1. The van der Waals surface area contributed by atoms with Crippen LogP contribution in [0.15, 0.2) is 59.7 Å². The first-order valence-electron chi connectivity index (χ1n) is 9.46. The summed E-state index contributed by atoms with van der Waals surface area (Å²) in [4.78, 5) is 6.49. The summed E-state index contributed by atoms with van der Waals surface area (Å²) in [6.45, 7) is 4.59. The number of benzene rings is 2. The Kier molecular flexibility index (Phi) is 5.11. The van der Waals surface area contributed by atoms with Gasteiger partial charge in [0.2, 0.25) is 0 Å². The Hall–Kier alpha value is -3.12. The number of amidine groups is 1. The van der Waals surface area contributed by atoms with Gasteiger partial charge in [0.15, 0.2) is 0 Å². The van der Waals surface area contributed by atoms with E-state index in [0.717, 1.165) is 22.7 Å². The highest BCUT2D eigenvalue weighted by Gasteiger charge is 2.31. The smallest absolute Gasteiger partial charge is 0.139 e. The Bertz CT molecular complexity index is 1080. The molecule has 29 heavy (non-hydrogen) atoms. The fourth-order valence-corrected chi connectivity index (χ4v) is 4.26. The van der Waals surface area contributed by atoms with Crippen molar-refractivity contribution in [1.29, 1.82) is 5.41 Å². The van der Waals surface area contributed by atoms with Gasteiger partial charge in [-0.25, -0.2) is 4.98 Å². The average Bonchev–Trinajstić information content (AvgIpc) is 3.32. The summed E-state index contributed by atoms with van der Waals surface area (Å²) in [6.07, 6.45) is 0. The van der Waals surface area contributed by atoms with E-state index < -0.39 is 0 Å². The van der Waals surface area contributed by atoms with Crippen LogP contribution in [0, 0.1) is 5.41 Å². The number of methoxy groups -OCH3 is 1. The molecule has 0 amide bonds. The van der Waals surface area contributed by atoms with Crippen molar-refractivity contribution in [3.8, 4) is 17.0 Å². The predicted octanol–water partition coefficient (Wildman–Crippen LogP) is 5.71. The van der Waals surface area contributed by atoms with E-state index in [2.05, 4.69) is 31.0 Å². The van der Waals surface area contributed by atoms with Crippen LogP contribution in [0.25, 0.3) is 16.8 Å². The van der Waals surface area contributed by atoms with Crippen molar-refractivity contribution in [3.05, 3.63) is 70.2 Å². The Morgan fingerprint density at radius 2 is 1.93 bits per heavy atom. The first-order valence-corrected chi connectivity index (χ1v) is 10.3. The molecule has 3 aromatic rings. The fourth-order valence-electron chi connectivity index (χ4n) is 3.37. The van der Waals surface area contributed by atoms with E-state index in [9.17, 15) is 5.11 Å². The standard InChI is InChI=1S/C23H23N3O2S/c1-14(2)15-7-9-17(10-8-15)26-12-20(27)21(22(26)24)23-25-19(13-29-23)16-5-4-6-18(11-16)28-3/h4-11,13-14,24,27H,12H2,1-3H3. The van der Waals surface area contributed by atoms with E-state index in [4.69, 9.17) is 10.1 Å². The minimum Gasteiger partial charge on any atom is -0.510 e. The Labute approximate surface area is 174 Å². The summed E-state index contributed by atoms with van der Waals surface area (Å²) in [7, 11) is 1.64. The van der Waals surface area contributed by atoms with Gasteiger partial charge in [0.1, 0.15) is 22.4 Å². The molecule has 6 heteroatoms. The van der Waals surface area contributed by atoms with Crippen molar-refractivity contribution in [1.82, 2.24) is 4.98 Å². The van der Waals surface area contributed by atoms with Crippen LogP contribution < -0.4 is 9.64 Å². The molecule has 5 nitrogen and oxygen atoms in total. The summed E-state index contributed by atoms with van der Waals surface area (Å²) >= 11 is 1.43. The number of aromatic nitrogens is 1. The molecule has 2 heterocycles. The lowest BCUT2D eigenvalue weighted by Crippen LogP contribution is -2.26. The number of nitrogens with one attached hydrogen (secondary N) is 1. The van der Waals surface area contributed by atoms with Crippen molar-refractivity contribution in [2.45, 2.75) is 19.8 Å². The maximum Gasteiger partial charge on any atom is 0.139 e. The summed E-state index contributed by atoms with van der Waals surface area (Å²) in [5, 5.41) is 21.8. The zero-order valence-electron chi connectivity index (χ0n) is 16.6. The highest BCUT2D eigenvalue weighted by atomic mass is 32.1. The summed E-state index contributed by atoms with van der Waals surface area (Å²) in [6, 6.07) is 15.9. The van der Waals surface area contributed by atoms with Crippen LogP contribution in [-0.4, -0.2) is 29.6 Å². The van der Waals surface area contributed by atoms with Crippen LogP contribution in [0.4, 0.5) is 5.69 Å². The van der Waals surface area contributed by atoms with Gasteiger partial charge in [-0.3, -0.25) is 5.41 Å². The topological polar surface area (TPSA) is 69.4 Å². The molecular weight excluding hydrogens is 382 g/mol. The average molecular weight is 406 g/mol. The van der Waals surface area contributed by atoms with E-state index in [1.807, 2.05) is 41.8 Å². The number of aliphatic hydroxyl groups excluding tert-OH is 1. The molecule has 0 saturated heterocycles. The van der Waals surface area contributed by atoms with E-state index in [-0.39, 0.29) is 18.1 Å². The molecule has 1 aliphatic heterocycles. The van der Waals surface area contributed by atoms with Crippen molar-refractivity contribution >= 4 is 28.4 Å². The molecule has 2 N–H and O–H groups in total. The molecular formula is C23H23N3O2S. The number of hydrogen-bond donors (Lipinski definition) is 2. The predicted molar refractivity (Wildman–Crippen MR) is 119 cm³/mol. The van der Waals surface area contributed by atoms with Crippen molar-refractivity contribution in [2.75, 3.05) is 18.6 Å². The number of anilines is 1. The molecule has 0 atom stereocenters. The minimum absolute atomic E-state index is 0.175. The quantitative estimate of drug-likeness (QED) is 0.570. The van der Waals surface area contributed by atoms with Crippen molar-refractivity contribution in [2.24, 2.45) is 0 Å². The molecule has 0 aliphatic carbocycles. The molecule has 2 aromatic carbocycles. The molecule has 148 valence electrons. The highest BCUT2D eigenvalue weighted by Crippen LogP contribution is 2.35. The lowest BCUT2D eigenvalue weighted by molar-refractivity contribution is 0.411. The van der Waals surface area contributed by atoms with Gasteiger partial charge < -0.3 is 14.7 Å². The molecule has 4 rings (SSSR count). The van der Waals surface area contributed by atoms with Gasteiger partial charge in [-0.15, -0.1) is 11.3 Å². The van der Waals surface area contributed by atoms with Gasteiger partial charge >= 0.3 is 0 Å². The second kappa shape index (κ2) is 7.72. The molecule has 0 spiro atoms. The van der Waals surface area contributed by atoms with Crippen LogP contribution in [0.2, 0.25) is 0 Å². The Balaban J connectivity index is 1.60. The maximum absolute atomic E-state index is 10.6. The van der Waals surface area contributed by atoms with Gasteiger partial charge in [-0.2, -0.15) is 0 Å². The first-order chi connectivity index (χ1) is 14.0. The van der Waals surface area contributed by atoms with Crippen LogP contribution in [0.1, 0.15) is 30.3 Å². The van der Waals surface area contributed by atoms with E-state index >= 15 is 0 Å². The van der Waals surface area contributed by atoms with E-state index in [1.54, 1.807) is 12.0 Å². The lowest BCUT2D eigenvalue weighted by atomic mass is 10.0. The molecule has 0 radical (unpaired) electrons. The normalized spacial score (nSPS) is 14.2. The lowest BCUT2D eigenvalue weighted by Gasteiger charge is -2.19. The van der Waals surface area contributed by atoms with Crippen molar-refractivity contribution in [3.63, 3.8) is 0 Å². The van der Waals surface area contributed by atoms with E-state index in [1.165, 1.54) is 16.9 Å². The first kappa shape index (κ1) is 19.2. The largest absolute Gasteiger partial charge is 0.510 e. The van der Waals surface area contributed by atoms with Crippen LogP contribution in [0.5, 0.6) is 5.75 Å². The summed E-state index contributed by atoms with van der Waals surface area (Å²) in [5.41, 5.74) is 4.39. The molecule has 1 aromatic heterocycles. The maximum atomic E-state index is 10.6. The van der Waals surface area contributed by atoms with Gasteiger partial charge in [0, 0.05) is 16.6 Å². The Morgan fingerprint density at radius 1 is 1.17 bits per heavy atom. The molecule has 0 unspecified atom stereocenters. The monoisotopic (exact) mass is 405 g/mol. The molecule has 0 saturated carbocycles. The minimum atomic E-state index is 0.175. The van der Waals surface area contributed by atoms with E-state index in [0.29, 0.717) is 16.5 Å². The third-order valence-corrected chi connectivity index (χ3v) is 5.92. The number of rotatable bonds is 5. The van der Waals surface area contributed by atoms with Gasteiger partial charge in [-0.1, -0.05) is 38.1 Å². The Morgan fingerprint density at radius 3 is 2.62 bits per heavy atom. The number of thiazole rings is 1. The third kappa shape index (κ3) is 3.63. The highest BCUT2D eigenvalue weighted by molar-refractivity contribution is 7.11. The molecule has 0 bridgehead atoms. The second-order valence-corrected chi connectivity index (χ2v) is 8.13. The zero-order chi connectivity index (χ0) is 20.5. The van der Waals surface area contributed by atoms with Gasteiger partial charge in [-0.05, 0) is 35.7 Å². The number of aliphatic hydroxyl groups is 1. The zero-order valence-corrected chi connectivity index (χ0v) is 17.5. The van der Waals surface area contributed by atoms with Gasteiger partial charge in [0.05, 0.1) is 24.9 Å². The van der Waals surface area contributed by atoms with Crippen LogP contribution >= 0.6 is 11.3 Å². The number of nitrogens with zero attached hydrogens (tertiary/aromatic N) is 2. The fraction of sp³-hybridized carbons (Fsp3) is 0.217. The summed E-state index contributed by atoms with van der Waals surface area (Å²) in [5.74, 6) is 1.67. The molecule has 0 fully saturated rings.